The van der Waals surface area contributed by atoms with Crippen LogP contribution < -0.4 is 11.1 Å². The third-order valence-electron chi connectivity index (χ3n) is 2.68. The van der Waals surface area contributed by atoms with Crippen molar-refractivity contribution in [1.82, 2.24) is 10.2 Å². The van der Waals surface area contributed by atoms with Crippen molar-refractivity contribution in [1.29, 1.82) is 0 Å². The molecule has 1 aromatic carbocycles. The van der Waals surface area contributed by atoms with E-state index in [4.69, 9.17) is 5.73 Å². The molecule has 0 fully saturated rings. The Hall–Kier alpha value is -1.39. The molecule has 0 bridgehead atoms. The second kappa shape index (κ2) is 8.66. The SMILES string of the molecule is CCCN(CCN)CC(=O)NCc1ccccc1. The van der Waals surface area contributed by atoms with Gasteiger partial charge in [0.25, 0.3) is 0 Å². The molecule has 0 saturated carbocycles. The van der Waals surface area contributed by atoms with E-state index in [-0.39, 0.29) is 5.91 Å². The van der Waals surface area contributed by atoms with Crippen molar-refractivity contribution in [3.8, 4) is 0 Å². The Kier molecular flexibility index (Phi) is 7.06. The number of carbonyl (C=O) groups excluding carboxylic acids is 1. The molecular weight excluding hydrogens is 226 g/mol. The molecule has 4 heteroatoms. The van der Waals surface area contributed by atoms with Crippen molar-refractivity contribution in [2.24, 2.45) is 5.73 Å². The van der Waals surface area contributed by atoms with Gasteiger partial charge in [0.1, 0.15) is 0 Å². The lowest BCUT2D eigenvalue weighted by Crippen LogP contribution is -2.39. The second-order valence-electron chi connectivity index (χ2n) is 4.33. The first-order valence-electron chi connectivity index (χ1n) is 6.49. The van der Waals surface area contributed by atoms with Crippen molar-refractivity contribution in [2.45, 2.75) is 19.9 Å². The lowest BCUT2D eigenvalue weighted by Gasteiger charge is -2.20. The van der Waals surface area contributed by atoms with Gasteiger partial charge in [-0.2, -0.15) is 0 Å². The van der Waals surface area contributed by atoms with Gasteiger partial charge in [0, 0.05) is 19.6 Å². The number of hydrogen-bond donors (Lipinski definition) is 2. The van der Waals surface area contributed by atoms with Crippen LogP contribution in [0.15, 0.2) is 30.3 Å². The number of amides is 1. The molecule has 4 nitrogen and oxygen atoms in total. The minimum atomic E-state index is 0.0563. The van der Waals surface area contributed by atoms with Crippen molar-refractivity contribution in [2.75, 3.05) is 26.2 Å². The standard InChI is InChI=1S/C14H23N3O/c1-2-9-17(10-8-15)12-14(18)16-11-13-6-4-3-5-7-13/h3-7H,2,8-12,15H2,1H3,(H,16,18). The van der Waals surface area contributed by atoms with Crippen LogP contribution in [0, 0.1) is 0 Å². The molecule has 0 aliphatic rings. The maximum atomic E-state index is 11.8. The molecule has 0 heterocycles. The summed E-state index contributed by atoms with van der Waals surface area (Å²) in [6.45, 7) is 5.39. The summed E-state index contributed by atoms with van der Waals surface area (Å²) in [5.41, 5.74) is 6.64. The highest BCUT2D eigenvalue weighted by molar-refractivity contribution is 5.78. The van der Waals surface area contributed by atoms with E-state index >= 15 is 0 Å². The predicted molar refractivity (Wildman–Crippen MR) is 74.1 cm³/mol. The Bertz CT molecular complexity index is 334. The van der Waals surface area contributed by atoms with E-state index in [0.29, 0.717) is 19.6 Å². The van der Waals surface area contributed by atoms with Crippen molar-refractivity contribution in [3.63, 3.8) is 0 Å². The summed E-state index contributed by atoms with van der Waals surface area (Å²) in [5, 5.41) is 2.92. The molecule has 100 valence electrons. The fourth-order valence-corrected chi connectivity index (χ4v) is 1.82. The molecule has 0 atom stereocenters. The molecular formula is C14H23N3O. The largest absolute Gasteiger partial charge is 0.351 e. The summed E-state index contributed by atoms with van der Waals surface area (Å²) in [7, 11) is 0. The average Bonchev–Trinajstić information content (AvgIpc) is 2.38. The number of nitrogens with zero attached hydrogens (tertiary/aromatic N) is 1. The first kappa shape index (κ1) is 14.7. The Labute approximate surface area is 109 Å². The molecule has 1 amide bonds. The van der Waals surface area contributed by atoms with Gasteiger partial charge in [0.05, 0.1) is 6.54 Å². The van der Waals surface area contributed by atoms with Gasteiger partial charge < -0.3 is 11.1 Å². The summed E-state index contributed by atoms with van der Waals surface area (Å²) in [6.07, 6.45) is 1.03. The van der Waals surface area contributed by atoms with E-state index in [1.165, 1.54) is 0 Å². The van der Waals surface area contributed by atoms with Crippen LogP contribution >= 0.6 is 0 Å². The van der Waals surface area contributed by atoms with Crippen molar-refractivity contribution < 1.29 is 4.79 Å². The smallest absolute Gasteiger partial charge is 0.234 e. The van der Waals surface area contributed by atoms with E-state index < -0.39 is 0 Å². The van der Waals surface area contributed by atoms with Crippen LogP contribution in [-0.4, -0.2) is 37.0 Å². The maximum Gasteiger partial charge on any atom is 0.234 e. The number of hydrogen-bond acceptors (Lipinski definition) is 3. The van der Waals surface area contributed by atoms with Gasteiger partial charge in [-0.25, -0.2) is 0 Å². The molecule has 3 N–H and O–H groups in total. The van der Waals surface area contributed by atoms with Gasteiger partial charge in [-0.1, -0.05) is 37.3 Å². The molecule has 0 aliphatic heterocycles. The summed E-state index contributed by atoms with van der Waals surface area (Å²) < 4.78 is 0. The third-order valence-corrected chi connectivity index (χ3v) is 2.68. The summed E-state index contributed by atoms with van der Waals surface area (Å²) in [5.74, 6) is 0.0563. The minimum Gasteiger partial charge on any atom is -0.351 e. The molecule has 0 radical (unpaired) electrons. The first-order valence-corrected chi connectivity index (χ1v) is 6.49. The Morgan fingerprint density at radius 1 is 1.28 bits per heavy atom. The van der Waals surface area contributed by atoms with Gasteiger partial charge in [-0.15, -0.1) is 0 Å². The number of benzene rings is 1. The summed E-state index contributed by atoms with van der Waals surface area (Å²) in [4.78, 5) is 13.9. The predicted octanol–water partition coefficient (Wildman–Crippen LogP) is 0.974. The van der Waals surface area contributed by atoms with Gasteiger partial charge in [-0.05, 0) is 18.5 Å². The molecule has 0 unspecified atom stereocenters. The number of nitrogens with two attached hydrogens (primary N) is 1. The molecule has 18 heavy (non-hydrogen) atoms. The molecule has 1 aromatic rings. The first-order chi connectivity index (χ1) is 8.76. The minimum absolute atomic E-state index is 0.0563. The Morgan fingerprint density at radius 3 is 2.61 bits per heavy atom. The van der Waals surface area contributed by atoms with E-state index in [9.17, 15) is 4.79 Å². The second-order valence-corrected chi connectivity index (χ2v) is 4.33. The molecule has 0 saturated heterocycles. The summed E-state index contributed by atoms with van der Waals surface area (Å²) >= 11 is 0. The zero-order chi connectivity index (χ0) is 13.2. The van der Waals surface area contributed by atoms with Gasteiger partial charge >= 0.3 is 0 Å². The topological polar surface area (TPSA) is 58.4 Å². The number of nitrogens with one attached hydrogen (secondary N) is 1. The highest BCUT2D eigenvalue weighted by atomic mass is 16.2. The summed E-state index contributed by atoms with van der Waals surface area (Å²) in [6, 6.07) is 9.92. The van der Waals surface area contributed by atoms with Gasteiger partial charge in [-0.3, -0.25) is 9.69 Å². The number of rotatable bonds is 8. The van der Waals surface area contributed by atoms with Gasteiger partial charge in [0.15, 0.2) is 0 Å². The van der Waals surface area contributed by atoms with E-state index in [1.807, 2.05) is 30.3 Å². The molecule has 0 spiro atoms. The maximum absolute atomic E-state index is 11.8. The highest BCUT2D eigenvalue weighted by Crippen LogP contribution is 1.97. The molecule has 1 rings (SSSR count). The van der Waals surface area contributed by atoms with E-state index in [0.717, 1.165) is 25.1 Å². The van der Waals surface area contributed by atoms with E-state index in [1.54, 1.807) is 0 Å². The van der Waals surface area contributed by atoms with Crippen LogP contribution in [0.4, 0.5) is 0 Å². The van der Waals surface area contributed by atoms with Crippen LogP contribution in [-0.2, 0) is 11.3 Å². The average molecular weight is 249 g/mol. The molecule has 0 aliphatic carbocycles. The normalized spacial score (nSPS) is 10.6. The van der Waals surface area contributed by atoms with Crippen LogP contribution in [0.3, 0.4) is 0 Å². The van der Waals surface area contributed by atoms with Crippen molar-refractivity contribution >= 4 is 5.91 Å². The van der Waals surface area contributed by atoms with Crippen LogP contribution in [0.25, 0.3) is 0 Å². The third kappa shape index (κ3) is 5.80. The highest BCUT2D eigenvalue weighted by Gasteiger charge is 2.08. The van der Waals surface area contributed by atoms with Crippen LogP contribution in [0.5, 0.6) is 0 Å². The van der Waals surface area contributed by atoms with Crippen LogP contribution in [0.1, 0.15) is 18.9 Å². The molecule has 0 aromatic heterocycles. The van der Waals surface area contributed by atoms with Gasteiger partial charge in [0.2, 0.25) is 5.91 Å². The Balaban J connectivity index is 2.31. The van der Waals surface area contributed by atoms with Crippen LogP contribution in [0.2, 0.25) is 0 Å². The monoisotopic (exact) mass is 249 g/mol. The zero-order valence-corrected chi connectivity index (χ0v) is 11.1. The quantitative estimate of drug-likeness (QED) is 0.722. The Morgan fingerprint density at radius 2 is 2.00 bits per heavy atom. The lowest BCUT2D eigenvalue weighted by atomic mass is 10.2. The fraction of sp³-hybridized carbons (Fsp3) is 0.500. The van der Waals surface area contributed by atoms with E-state index in [2.05, 4.69) is 17.1 Å². The zero-order valence-electron chi connectivity index (χ0n) is 11.1. The lowest BCUT2D eigenvalue weighted by molar-refractivity contribution is -0.122. The fourth-order valence-electron chi connectivity index (χ4n) is 1.82. The van der Waals surface area contributed by atoms with Crippen molar-refractivity contribution in [3.05, 3.63) is 35.9 Å². The number of carbonyl (C=O) groups is 1.